The number of carbonyl (C=O) groups is 1. The average molecular weight is 252 g/mol. The molecule has 4 unspecified atom stereocenters. The van der Waals surface area contributed by atoms with Crippen LogP contribution in [0.1, 0.15) is 51.9 Å². The smallest absolute Gasteiger partial charge is 0.179 e. The van der Waals surface area contributed by atoms with Crippen LogP contribution in [0.5, 0.6) is 0 Å². The first-order chi connectivity index (χ1) is 8.66. The van der Waals surface area contributed by atoms with Gasteiger partial charge >= 0.3 is 0 Å². The number of carbonyl (C=O) groups excluding carboxylic acids is 1. The summed E-state index contributed by atoms with van der Waals surface area (Å²) < 4.78 is 0. The fourth-order valence-electron chi connectivity index (χ4n) is 3.20. The van der Waals surface area contributed by atoms with E-state index in [2.05, 4.69) is 17.2 Å². The number of carboxylic acids is 1. The molecule has 0 aromatic carbocycles. The van der Waals surface area contributed by atoms with Gasteiger partial charge in [-0.05, 0) is 32.6 Å². The maximum absolute atomic E-state index is 11.1. The van der Waals surface area contributed by atoms with E-state index in [9.17, 15) is 9.90 Å². The molecule has 4 nitrogen and oxygen atoms in total. The lowest BCUT2D eigenvalue weighted by Gasteiger charge is -2.30. The van der Waals surface area contributed by atoms with E-state index in [1.165, 1.54) is 12.8 Å². The molecule has 2 aliphatic rings. The summed E-state index contributed by atoms with van der Waals surface area (Å²) in [6.07, 6.45) is 9.65. The van der Waals surface area contributed by atoms with Gasteiger partial charge in [0.2, 0.25) is 0 Å². The fraction of sp³-hybridized carbons (Fsp3) is 0.857. The largest absolute Gasteiger partial charge is 0.550 e. The van der Waals surface area contributed by atoms with Crippen molar-refractivity contribution >= 4 is 12.2 Å². The zero-order valence-electron chi connectivity index (χ0n) is 11.2. The maximum Gasteiger partial charge on any atom is 0.179 e. The molecule has 2 rings (SSSR count). The molecule has 1 saturated heterocycles. The number of rotatable bonds is 3. The molecular weight excluding hydrogens is 228 g/mol. The van der Waals surface area contributed by atoms with E-state index in [0.29, 0.717) is 12.2 Å². The highest BCUT2D eigenvalue weighted by atomic mass is 16.4. The molecule has 0 radical (unpaired) electrons. The van der Waals surface area contributed by atoms with Gasteiger partial charge in [0.15, 0.2) is 6.17 Å². The molecule has 2 fully saturated rings. The molecule has 0 aromatic heterocycles. The van der Waals surface area contributed by atoms with E-state index in [0.717, 1.165) is 32.1 Å². The summed E-state index contributed by atoms with van der Waals surface area (Å²) in [5, 5.41) is 13.4. The van der Waals surface area contributed by atoms with E-state index < -0.39 is 5.97 Å². The van der Waals surface area contributed by atoms with E-state index in [4.69, 9.17) is 0 Å². The third-order valence-electron chi connectivity index (χ3n) is 4.30. The minimum atomic E-state index is -0.896. The van der Waals surface area contributed by atoms with E-state index >= 15 is 0 Å². The molecule has 4 atom stereocenters. The van der Waals surface area contributed by atoms with Crippen LogP contribution in [0.15, 0.2) is 4.99 Å². The van der Waals surface area contributed by atoms with Gasteiger partial charge in [0.1, 0.15) is 0 Å². The quantitative estimate of drug-likeness (QED) is 0.722. The average Bonchev–Trinajstić information content (AvgIpc) is 2.37. The molecule has 2 N–H and O–H groups in total. The predicted molar refractivity (Wildman–Crippen MR) is 68.0 cm³/mol. The molecule has 1 heterocycles. The molecule has 102 valence electrons. The predicted octanol–water partition coefficient (Wildman–Crippen LogP) is 0.0754. The maximum atomic E-state index is 11.1. The highest BCUT2D eigenvalue weighted by Crippen LogP contribution is 2.28. The number of hydrogen-bond acceptors (Lipinski definition) is 3. The van der Waals surface area contributed by atoms with Gasteiger partial charge in [-0.15, -0.1) is 0 Å². The fourth-order valence-corrected chi connectivity index (χ4v) is 3.20. The third kappa shape index (κ3) is 3.55. The zero-order valence-corrected chi connectivity index (χ0v) is 11.2. The molecule has 1 saturated carbocycles. The zero-order chi connectivity index (χ0) is 13.0. The number of carboxylic acid groups (broad SMARTS) is 1. The Kier molecular flexibility index (Phi) is 4.75. The van der Waals surface area contributed by atoms with Crippen molar-refractivity contribution < 1.29 is 15.2 Å². The topological polar surface area (TPSA) is 69.1 Å². The number of piperidine rings is 1. The first kappa shape index (κ1) is 13.5. The second-order valence-electron chi connectivity index (χ2n) is 5.84. The van der Waals surface area contributed by atoms with Crippen LogP contribution in [0, 0.1) is 11.8 Å². The molecular formula is C14H24N2O2. The van der Waals surface area contributed by atoms with E-state index in [-0.39, 0.29) is 11.8 Å². The number of quaternary nitrogens is 1. The lowest BCUT2D eigenvalue weighted by atomic mass is 9.80. The van der Waals surface area contributed by atoms with E-state index in [1.807, 2.05) is 6.21 Å². The summed E-state index contributed by atoms with van der Waals surface area (Å²) in [7, 11) is 0. The number of nitrogens with two attached hydrogens (primary N) is 1. The first-order valence-electron chi connectivity index (χ1n) is 7.26. The van der Waals surface area contributed by atoms with Crippen LogP contribution in [0.3, 0.4) is 0 Å². The SMILES string of the molecule is CC1CCCC(N=CC2CCCCC2C(=O)[O-])[NH2+]1. The van der Waals surface area contributed by atoms with Crippen LogP contribution >= 0.6 is 0 Å². The van der Waals surface area contributed by atoms with Gasteiger partial charge in [0.25, 0.3) is 0 Å². The molecule has 4 heteroatoms. The number of hydrogen-bond donors (Lipinski definition) is 1. The molecule has 0 amide bonds. The van der Waals surface area contributed by atoms with Crippen LogP contribution in [0.2, 0.25) is 0 Å². The van der Waals surface area contributed by atoms with Gasteiger partial charge in [-0.1, -0.05) is 12.8 Å². The second-order valence-corrected chi connectivity index (χ2v) is 5.84. The van der Waals surface area contributed by atoms with Gasteiger partial charge in [0, 0.05) is 30.4 Å². The van der Waals surface area contributed by atoms with Crippen molar-refractivity contribution in [3.8, 4) is 0 Å². The van der Waals surface area contributed by atoms with Crippen molar-refractivity contribution in [3.05, 3.63) is 0 Å². The summed E-state index contributed by atoms with van der Waals surface area (Å²) in [6, 6.07) is 0.643. The number of nitrogens with zero attached hydrogens (tertiary/aromatic N) is 1. The third-order valence-corrected chi connectivity index (χ3v) is 4.30. The van der Waals surface area contributed by atoms with Crippen molar-refractivity contribution in [1.82, 2.24) is 0 Å². The van der Waals surface area contributed by atoms with Crippen LogP contribution in [-0.2, 0) is 4.79 Å². The monoisotopic (exact) mass is 252 g/mol. The number of aliphatic carboxylic acids is 1. The number of aliphatic imine (C=N–C) groups is 1. The van der Waals surface area contributed by atoms with Crippen LogP contribution < -0.4 is 10.4 Å². The Balaban J connectivity index is 1.91. The summed E-state index contributed by atoms with van der Waals surface area (Å²) in [4.78, 5) is 15.7. The normalized spacial score (nSPS) is 37.8. The molecule has 0 bridgehead atoms. The van der Waals surface area contributed by atoms with Gasteiger partial charge < -0.3 is 15.2 Å². The summed E-state index contributed by atoms with van der Waals surface area (Å²) in [6.45, 7) is 2.23. The lowest BCUT2D eigenvalue weighted by molar-refractivity contribution is -0.725. The van der Waals surface area contributed by atoms with Crippen molar-refractivity contribution in [3.63, 3.8) is 0 Å². The first-order valence-corrected chi connectivity index (χ1v) is 7.26. The standard InChI is InChI=1S/C14H24N2O2/c1-10-5-4-8-13(16-10)15-9-11-6-2-3-7-12(11)14(17)18/h9-13,16H,2-8H2,1H3,(H,17,18). The molecule has 1 aliphatic heterocycles. The van der Waals surface area contributed by atoms with Crippen LogP contribution in [0.25, 0.3) is 0 Å². The highest BCUT2D eigenvalue weighted by molar-refractivity contribution is 5.75. The molecule has 1 aliphatic carbocycles. The minimum Gasteiger partial charge on any atom is -0.550 e. The van der Waals surface area contributed by atoms with Gasteiger partial charge in [-0.2, -0.15) is 0 Å². The Hall–Kier alpha value is -0.900. The second kappa shape index (κ2) is 6.32. The molecule has 18 heavy (non-hydrogen) atoms. The van der Waals surface area contributed by atoms with Crippen LogP contribution in [0.4, 0.5) is 0 Å². The van der Waals surface area contributed by atoms with Crippen molar-refractivity contribution in [1.29, 1.82) is 0 Å². The summed E-state index contributed by atoms with van der Waals surface area (Å²) in [5.74, 6) is -1.12. The Morgan fingerprint density at radius 2 is 2.00 bits per heavy atom. The van der Waals surface area contributed by atoms with E-state index in [1.54, 1.807) is 0 Å². The summed E-state index contributed by atoms with van der Waals surface area (Å²) >= 11 is 0. The van der Waals surface area contributed by atoms with Crippen molar-refractivity contribution in [2.45, 2.75) is 64.1 Å². The summed E-state index contributed by atoms with van der Waals surface area (Å²) in [5.41, 5.74) is 0. The molecule has 0 spiro atoms. The minimum absolute atomic E-state index is 0.0920. The molecule has 0 aromatic rings. The Bertz CT molecular complexity index is 317. The Morgan fingerprint density at radius 3 is 2.72 bits per heavy atom. The highest BCUT2D eigenvalue weighted by Gasteiger charge is 2.26. The van der Waals surface area contributed by atoms with Gasteiger partial charge in [-0.25, -0.2) is 4.99 Å². The Labute approximate surface area is 109 Å². The lowest BCUT2D eigenvalue weighted by Crippen LogP contribution is -2.95. The van der Waals surface area contributed by atoms with Crippen molar-refractivity contribution in [2.75, 3.05) is 0 Å². The Morgan fingerprint density at radius 1 is 1.22 bits per heavy atom. The van der Waals surface area contributed by atoms with Gasteiger partial charge in [-0.3, -0.25) is 0 Å². The van der Waals surface area contributed by atoms with Gasteiger partial charge in [0.05, 0.1) is 6.04 Å². The van der Waals surface area contributed by atoms with Crippen molar-refractivity contribution in [2.24, 2.45) is 16.8 Å². The van der Waals surface area contributed by atoms with Crippen LogP contribution in [-0.4, -0.2) is 24.4 Å².